The molecule has 2 rings (SSSR count). The van der Waals surface area contributed by atoms with Gasteiger partial charge in [-0.2, -0.15) is 0 Å². The van der Waals surface area contributed by atoms with Crippen molar-refractivity contribution >= 4 is 15.9 Å². The SMILES string of the molecule is C[C@H](COc1cncc(Br)c1)c1ccccc1. The van der Waals surface area contributed by atoms with Crippen LogP contribution in [0.3, 0.4) is 0 Å². The number of ether oxygens (including phenoxy) is 1. The maximum atomic E-state index is 5.71. The number of benzene rings is 1. The standard InChI is InChI=1S/C14H14BrNO/c1-11(12-5-3-2-4-6-12)10-17-14-7-13(15)8-16-9-14/h2-9,11H,10H2,1H3/t11-/m1/s1. The van der Waals surface area contributed by atoms with Crippen molar-refractivity contribution < 1.29 is 4.74 Å². The zero-order valence-corrected chi connectivity index (χ0v) is 11.2. The van der Waals surface area contributed by atoms with Crippen LogP contribution in [0.4, 0.5) is 0 Å². The number of rotatable bonds is 4. The van der Waals surface area contributed by atoms with E-state index in [9.17, 15) is 0 Å². The summed E-state index contributed by atoms with van der Waals surface area (Å²) in [5.41, 5.74) is 1.29. The summed E-state index contributed by atoms with van der Waals surface area (Å²) in [7, 11) is 0. The number of aromatic nitrogens is 1. The van der Waals surface area contributed by atoms with Crippen LogP contribution >= 0.6 is 15.9 Å². The normalized spacial score (nSPS) is 12.1. The first-order chi connectivity index (χ1) is 8.25. The van der Waals surface area contributed by atoms with Gasteiger partial charge in [0.25, 0.3) is 0 Å². The summed E-state index contributed by atoms with van der Waals surface area (Å²) < 4.78 is 6.64. The predicted molar refractivity (Wildman–Crippen MR) is 72.3 cm³/mol. The van der Waals surface area contributed by atoms with Crippen LogP contribution in [0.25, 0.3) is 0 Å². The van der Waals surface area contributed by atoms with Crippen LogP contribution in [0.1, 0.15) is 18.4 Å². The Morgan fingerprint density at radius 2 is 2.00 bits per heavy atom. The van der Waals surface area contributed by atoms with Gasteiger partial charge in [0, 0.05) is 16.6 Å². The van der Waals surface area contributed by atoms with Gasteiger partial charge in [-0.3, -0.25) is 4.98 Å². The summed E-state index contributed by atoms with van der Waals surface area (Å²) in [4.78, 5) is 4.06. The molecule has 17 heavy (non-hydrogen) atoms. The summed E-state index contributed by atoms with van der Waals surface area (Å²) in [5.74, 6) is 1.16. The second-order valence-corrected chi connectivity index (χ2v) is 4.88. The second-order valence-electron chi connectivity index (χ2n) is 3.96. The Kier molecular flexibility index (Phi) is 4.15. The highest BCUT2D eigenvalue weighted by atomic mass is 79.9. The van der Waals surface area contributed by atoms with Crippen LogP contribution in [0.5, 0.6) is 5.75 Å². The summed E-state index contributed by atoms with van der Waals surface area (Å²) >= 11 is 3.37. The fraction of sp³-hybridized carbons (Fsp3) is 0.214. The van der Waals surface area contributed by atoms with Crippen molar-refractivity contribution in [1.82, 2.24) is 4.98 Å². The lowest BCUT2D eigenvalue weighted by atomic mass is 10.0. The van der Waals surface area contributed by atoms with Crippen molar-refractivity contribution in [3.63, 3.8) is 0 Å². The van der Waals surface area contributed by atoms with Crippen molar-refractivity contribution in [3.8, 4) is 5.75 Å². The van der Waals surface area contributed by atoms with Crippen LogP contribution in [0, 0.1) is 0 Å². The molecule has 0 unspecified atom stereocenters. The van der Waals surface area contributed by atoms with E-state index < -0.39 is 0 Å². The van der Waals surface area contributed by atoms with Gasteiger partial charge in [0.15, 0.2) is 0 Å². The van der Waals surface area contributed by atoms with Crippen molar-refractivity contribution in [2.45, 2.75) is 12.8 Å². The van der Waals surface area contributed by atoms with Crippen LogP contribution in [0.2, 0.25) is 0 Å². The smallest absolute Gasteiger partial charge is 0.138 e. The molecule has 2 nitrogen and oxygen atoms in total. The van der Waals surface area contributed by atoms with Crippen LogP contribution in [-0.4, -0.2) is 11.6 Å². The van der Waals surface area contributed by atoms with Gasteiger partial charge in [-0.25, -0.2) is 0 Å². The van der Waals surface area contributed by atoms with Crippen molar-refractivity contribution in [1.29, 1.82) is 0 Å². The third-order valence-electron chi connectivity index (χ3n) is 2.55. The molecule has 3 heteroatoms. The number of pyridine rings is 1. The zero-order chi connectivity index (χ0) is 12.1. The molecule has 1 heterocycles. The molecule has 0 aliphatic carbocycles. The molecule has 0 radical (unpaired) electrons. The second kappa shape index (κ2) is 5.82. The van der Waals surface area contributed by atoms with Gasteiger partial charge in [0.1, 0.15) is 5.75 Å². The number of halogens is 1. The lowest BCUT2D eigenvalue weighted by molar-refractivity contribution is 0.294. The Morgan fingerprint density at radius 3 is 2.71 bits per heavy atom. The molecular weight excluding hydrogens is 278 g/mol. The maximum absolute atomic E-state index is 5.71. The summed E-state index contributed by atoms with van der Waals surface area (Å²) in [6, 6.07) is 12.3. The lowest BCUT2D eigenvalue weighted by Crippen LogP contribution is -2.07. The van der Waals surface area contributed by atoms with E-state index in [-0.39, 0.29) is 0 Å². The molecule has 0 fully saturated rings. The van der Waals surface area contributed by atoms with Crippen LogP contribution in [0.15, 0.2) is 53.3 Å². The van der Waals surface area contributed by atoms with E-state index in [0.717, 1.165) is 10.2 Å². The highest BCUT2D eigenvalue weighted by Gasteiger charge is 2.05. The van der Waals surface area contributed by atoms with E-state index in [0.29, 0.717) is 12.5 Å². The Hall–Kier alpha value is -1.35. The van der Waals surface area contributed by atoms with Gasteiger partial charge in [-0.15, -0.1) is 0 Å². The molecule has 1 atom stereocenters. The molecule has 1 aromatic heterocycles. The van der Waals surface area contributed by atoms with E-state index in [1.54, 1.807) is 12.4 Å². The average molecular weight is 292 g/mol. The molecule has 88 valence electrons. The number of nitrogens with zero attached hydrogens (tertiary/aromatic N) is 1. The average Bonchev–Trinajstić information content (AvgIpc) is 2.37. The lowest BCUT2D eigenvalue weighted by Gasteiger charge is -2.13. The highest BCUT2D eigenvalue weighted by molar-refractivity contribution is 9.10. The third kappa shape index (κ3) is 3.56. The monoisotopic (exact) mass is 291 g/mol. The molecule has 0 bridgehead atoms. The van der Waals surface area contributed by atoms with Crippen molar-refractivity contribution in [2.75, 3.05) is 6.61 Å². The minimum atomic E-state index is 0.371. The van der Waals surface area contributed by atoms with E-state index >= 15 is 0 Å². The molecule has 2 aromatic rings. The molecule has 0 aliphatic rings. The molecule has 0 amide bonds. The largest absolute Gasteiger partial charge is 0.491 e. The quantitative estimate of drug-likeness (QED) is 0.849. The molecule has 0 saturated carbocycles. The van der Waals surface area contributed by atoms with E-state index in [1.165, 1.54) is 5.56 Å². The van der Waals surface area contributed by atoms with Gasteiger partial charge >= 0.3 is 0 Å². The maximum Gasteiger partial charge on any atom is 0.138 e. The summed E-state index contributed by atoms with van der Waals surface area (Å²) in [5, 5.41) is 0. The van der Waals surface area contributed by atoms with E-state index in [4.69, 9.17) is 4.74 Å². The van der Waals surface area contributed by atoms with Crippen molar-refractivity contribution in [2.24, 2.45) is 0 Å². The summed E-state index contributed by atoms with van der Waals surface area (Å²) in [6.45, 7) is 2.81. The minimum Gasteiger partial charge on any atom is -0.491 e. The van der Waals surface area contributed by atoms with Crippen molar-refractivity contribution in [3.05, 3.63) is 58.8 Å². The van der Waals surface area contributed by atoms with Gasteiger partial charge in [0.2, 0.25) is 0 Å². The molecule has 0 aliphatic heterocycles. The minimum absolute atomic E-state index is 0.371. The molecule has 1 aromatic carbocycles. The number of hydrogen-bond donors (Lipinski definition) is 0. The van der Waals surface area contributed by atoms with Gasteiger partial charge < -0.3 is 4.74 Å². The summed E-state index contributed by atoms with van der Waals surface area (Å²) in [6.07, 6.45) is 3.47. The topological polar surface area (TPSA) is 22.1 Å². The fourth-order valence-corrected chi connectivity index (χ4v) is 1.91. The first-order valence-corrected chi connectivity index (χ1v) is 6.33. The fourth-order valence-electron chi connectivity index (χ4n) is 1.57. The Bertz CT molecular complexity index is 473. The predicted octanol–water partition coefficient (Wildman–Crippen LogP) is 4.03. The first kappa shape index (κ1) is 12.1. The highest BCUT2D eigenvalue weighted by Crippen LogP contribution is 2.19. The Labute approximate surface area is 110 Å². The Balaban J connectivity index is 1.95. The van der Waals surface area contributed by atoms with Gasteiger partial charge in [-0.1, -0.05) is 37.3 Å². The molecule has 0 spiro atoms. The Morgan fingerprint density at radius 1 is 1.24 bits per heavy atom. The van der Waals surface area contributed by atoms with Crippen LogP contribution < -0.4 is 4.74 Å². The first-order valence-electron chi connectivity index (χ1n) is 5.54. The molecule has 0 saturated heterocycles. The molecule has 0 N–H and O–H groups in total. The van der Waals surface area contributed by atoms with Crippen LogP contribution in [-0.2, 0) is 0 Å². The van der Waals surface area contributed by atoms with E-state index in [1.807, 2.05) is 24.3 Å². The number of hydrogen-bond acceptors (Lipinski definition) is 2. The zero-order valence-electron chi connectivity index (χ0n) is 9.64. The third-order valence-corrected chi connectivity index (χ3v) is 2.98. The van der Waals surface area contributed by atoms with E-state index in [2.05, 4.69) is 40.0 Å². The van der Waals surface area contributed by atoms with Gasteiger partial charge in [-0.05, 0) is 27.6 Å². The van der Waals surface area contributed by atoms with Gasteiger partial charge in [0.05, 0.1) is 12.8 Å². The molecular formula is C14H14BrNO.